The standard InChI is InChI=1S/C15H20ClN5OS.HI/c1-11-20-12(10-23-11)9-21(3)15(17-2)19-7-8-22-14-13(16)5-4-6-18-14;/h4-6,10H,7-9H2,1-3H3,(H,17,19);1H. The number of pyridine rings is 1. The van der Waals surface area contributed by atoms with Gasteiger partial charge in [0.05, 0.1) is 23.8 Å². The van der Waals surface area contributed by atoms with Crippen LogP contribution in [0.15, 0.2) is 28.7 Å². The molecule has 0 saturated carbocycles. The number of hydrogen-bond acceptors (Lipinski definition) is 5. The molecule has 0 saturated heterocycles. The highest BCUT2D eigenvalue weighted by Gasteiger charge is 2.08. The normalized spacial score (nSPS) is 10.9. The van der Waals surface area contributed by atoms with Crippen LogP contribution in [0.2, 0.25) is 5.02 Å². The van der Waals surface area contributed by atoms with Crippen LogP contribution in [0.5, 0.6) is 5.88 Å². The van der Waals surface area contributed by atoms with Crippen LogP contribution in [0.1, 0.15) is 10.7 Å². The lowest BCUT2D eigenvalue weighted by Crippen LogP contribution is -2.40. The first kappa shape index (κ1) is 20.9. The molecule has 0 unspecified atom stereocenters. The van der Waals surface area contributed by atoms with E-state index in [1.807, 2.05) is 18.9 Å². The molecule has 2 heterocycles. The molecule has 1 N–H and O–H groups in total. The second-order valence-electron chi connectivity index (χ2n) is 4.83. The second-order valence-corrected chi connectivity index (χ2v) is 6.30. The highest BCUT2D eigenvalue weighted by atomic mass is 127. The maximum Gasteiger partial charge on any atom is 0.232 e. The Bertz CT molecular complexity index is 667. The smallest absolute Gasteiger partial charge is 0.232 e. The number of guanidine groups is 1. The number of nitrogens with zero attached hydrogens (tertiary/aromatic N) is 4. The molecule has 0 radical (unpaired) electrons. The second kappa shape index (κ2) is 10.7. The third-order valence-electron chi connectivity index (χ3n) is 2.99. The largest absolute Gasteiger partial charge is 0.475 e. The minimum Gasteiger partial charge on any atom is -0.475 e. The zero-order chi connectivity index (χ0) is 16.7. The summed E-state index contributed by atoms with van der Waals surface area (Å²) in [5.74, 6) is 1.23. The number of ether oxygens (including phenoxy) is 1. The molecule has 0 aliphatic rings. The summed E-state index contributed by atoms with van der Waals surface area (Å²) in [6, 6.07) is 3.52. The number of rotatable bonds is 6. The molecule has 2 rings (SSSR count). The van der Waals surface area contributed by atoms with Crippen molar-refractivity contribution in [3.63, 3.8) is 0 Å². The highest BCUT2D eigenvalue weighted by molar-refractivity contribution is 14.0. The van der Waals surface area contributed by atoms with Crippen LogP contribution in [0, 0.1) is 6.92 Å². The number of aryl methyl sites for hydroxylation is 1. The molecule has 132 valence electrons. The summed E-state index contributed by atoms with van der Waals surface area (Å²) in [6.45, 7) is 3.75. The summed E-state index contributed by atoms with van der Waals surface area (Å²) in [6.07, 6.45) is 1.65. The van der Waals surface area contributed by atoms with E-state index in [-0.39, 0.29) is 24.0 Å². The third-order valence-corrected chi connectivity index (χ3v) is 4.10. The molecule has 24 heavy (non-hydrogen) atoms. The zero-order valence-corrected chi connectivity index (χ0v) is 17.7. The van der Waals surface area contributed by atoms with Gasteiger partial charge in [0.25, 0.3) is 0 Å². The van der Waals surface area contributed by atoms with Gasteiger partial charge in [-0.25, -0.2) is 9.97 Å². The lowest BCUT2D eigenvalue weighted by molar-refractivity contribution is 0.307. The van der Waals surface area contributed by atoms with Gasteiger partial charge in [0.1, 0.15) is 11.6 Å². The summed E-state index contributed by atoms with van der Waals surface area (Å²) in [5.41, 5.74) is 1.04. The van der Waals surface area contributed by atoms with Gasteiger partial charge in [0.2, 0.25) is 5.88 Å². The Morgan fingerprint density at radius 1 is 1.50 bits per heavy atom. The fraction of sp³-hybridized carbons (Fsp3) is 0.400. The van der Waals surface area contributed by atoms with Gasteiger partial charge in [-0.2, -0.15) is 0 Å². The Morgan fingerprint density at radius 2 is 2.29 bits per heavy atom. The number of halogens is 2. The van der Waals surface area contributed by atoms with Crippen molar-refractivity contribution in [2.75, 3.05) is 27.2 Å². The SMILES string of the molecule is CN=C(NCCOc1ncccc1Cl)N(C)Cc1csc(C)n1.I. The first-order valence-electron chi connectivity index (χ1n) is 7.16. The van der Waals surface area contributed by atoms with E-state index in [1.165, 1.54) is 0 Å². The van der Waals surface area contributed by atoms with Crippen molar-refractivity contribution in [1.82, 2.24) is 20.2 Å². The van der Waals surface area contributed by atoms with E-state index in [0.717, 1.165) is 16.7 Å². The van der Waals surface area contributed by atoms with Crippen LogP contribution in [0.3, 0.4) is 0 Å². The Balaban J connectivity index is 0.00000288. The van der Waals surface area contributed by atoms with Crippen LogP contribution in [-0.2, 0) is 6.54 Å². The van der Waals surface area contributed by atoms with Gasteiger partial charge in [-0.05, 0) is 19.1 Å². The average Bonchev–Trinajstić information content (AvgIpc) is 2.94. The molecule has 6 nitrogen and oxygen atoms in total. The van der Waals surface area contributed by atoms with Gasteiger partial charge >= 0.3 is 0 Å². The molecule has 0 atom stereocenters. The van der Waals surface area contributed by atoms with E-state index in [2.05, 4.69) is 25.7 Å². The molecule has 2 aromatic heterocycles. The molecule has 0 bridgehead atoms. The summed E-state index contributed by atoms with van der Waals surface area (Å²) < 4.78 is 5.54. The monoisotopic (exact) mass is 481 g/mol. The molecular formula is C15H21ClIN5OS. The molecule has 9 heteroatoms. The van der Waals surface area contributed by atoms with Gasteiger partial charge in [-0.15, -0.1) is 35.3 Å². The van der Waals surface area contributed by atoms with Crippen LogP contribution in [-0.4, -0.2) is 48.1 Å². The molecule has 0 amide bonds. The average molecular weight is 482 g/mol. The van der Waals surface area contributed by atoms with Crippen LogP contribution in [0.25, 0.3) is 0 Å². The molecule has 2 aromatic rings. The van der Waals surface area contributed by atoms with Gasteiger partial charge in [0, 0.05) is 25.7 Å². The first-order chi connectivity index (χ1) is 11.1. The maximum absolute atomic E-state index is 5.99. The summed E-state index contributed by atoms with van der Waals surface area (Å²) in [4.78, 5) is 14.8. The van der Waals surface area contributed by atoms with Gasteiger partial charge in [-0.3, -0.25) is 4.99 Å². The Morgan fingerprint density at radius 3 is 2.92 bits per heavy atom. The number of nitrogens with one attached hydrogen (secondary N) is 1. The van der Waals surface area contributed by atoms with Gasteiger partial charge < -0.3 is 15.0 Å². The fourth-order valence-electron chi connectivity index (χ4n) is 1.97. The molecule has 0 aromatic carbocycles. The topological polar surface area (TPSA) is 62.6 Å². The van der Waals surface area contributed by atoms with Crippen molar-refractivity contribution in [3.05, 3.63) is 39.4 Å². The molecule has 0 aliphatic heterocycles. The summed E-state index contributed by atoms with van der Waals surface area (Å²) in [5, 5.41) is 6.88. The number of aliphatic imine (C=N–C) groups is 1. The Hall–Kier alpha value is -1.13. The van der Waals surface area contributed by atoms with Gasteiger partial charge in [-0.1, -0.05) is 11.6 Å². The minimum atomic E-state index is 0. The zero-order valence-electron chi connectivity index (χ0n) is 13.8. The summed E-state index contributed by atoms with van der Waals surface area (Å²) >= 11 is 7.64. The predicted octanol–water partition coefficient (Wildman–Crippen LogP) is 3.20. The van der Waals surface area contributed by atoms with Crippen LogP contribution >= 0.6 is 46.9 Å². The van der Waals surface area contributed by atoms with Crippen molar-refractivity contribution < 1.29 is 4.74 Å². The number of thiazole rings is 1. The van der Waals surface area contributed by atoms with E-state index in [4.69, 9.17) is 16.3 Å². The van der Waals surface area contributed by atoms with Gasteiger partial charge in [0.15, 0.2) is 5.96 Å². The van der Waals surface area contributed by atoms with Crippen molar-refractivity contribution in [3.8, 4) is 5.88 Å². The van der Waals surface area contributed by atoms with Crippen LogP contribution < -0.4 is 10.1 Å². The van der Waals surface area contributed by atoms with Crippen molar-refractivity contribution in [2.45, 2.75) is 13.5 Å². The molecular weight excluding hydrogens is 461 g/mol. The van der Waals surface area contributed by atoms with Crippen LogP contribution in [0.4, 0.5) is 0 Å². The molecule has 0 aliphatic carbocycles. The van der Waals surface area contributed by atoms with Crippen molar-refractivity contribution >= 4 is 52.9 Å². The van der Waals surface area contributed by atoms with E-state index >= 15 is 0 Å². The predicted molar refractivity (Wildman–Crippen MR) is 110 cm³/mol. The maximum atomic E-state index is 5.99. The lowest BCUT2D eigenvalue weighted by atomic mass is 10.4. The Kier molecular flexibility index (Phi) is 9.30. The number of hydrogen-bond donors (Lipinski definition) is 1. The quantitative estimate of drug-likeness (QED) is 0.297. The lowest BCUT2D eigenvalue weighted by Gasteiger charge is -2.21. The summed E-state index contributed by atoms with van der Waals surface area (Å²) in [7, 11) is 3.72. The van der Waals surface area contributed by atoms with Crippen molar-refractivity contribution in [1.29, 1.82) is 0 Å². The highest BCUT2D eigenvalue weighted by Crippen LogP contribution is 2.19. The van der Waals surface area contributed by atoms with E-state index in [1.54, 1.807) is 36.7 Å². The molecule has 0 fully saturated rings. The number of aromatic nitrogens is 2. The molecule has 0 spiro atoms. The first-order valence-corrected chi connectivity index (χ1v) is 8.42. The van der Waals surface area contributed by atoms with E-state index in [9.17, 15) is 0 Å². The van der Waals surface area contributed by atoms with E-state index in [0.29, 0.717) is 30.6 Å². The third kappa shape index (κ3) is 6.40. The van der Waals surface area contributed by atoms with E-state index < -0.39 is 0 Å². The fourth-order valence-corrected chi connectivity index (χ4v) is 2.75. The minimum absolute atomic E-state index is 0. The Labute approximate surface area is 168 Å². The van der Waals surface area contributed by atoms with Crippen molar-refractivity contribution in [2.24, 2.45) is 4.99 Å².